The molecule has 1 atom stereocenters. The number of hydrogen-bond acceptors (Lipinski definition) is 6. The van der Waals surface area contributed by atoms with Crippen LogP contribution in [-0.4, -0.2) is 38.6 Å². The Balaban J connectivity index is 2.33. The zero-order valence-corrected chi connectivity index (χ0v) is 12.9. The van der Waals surface area contributed by atoms with Gasteiger partial charge in [-0.25, -0.2) is 9.59 Å². The van der Waals surface area contributed by atoms with Crippen molar-refractivity contribution in [1.82, 2.24) is 0 Å². The summed E-state index contributed by atoms with van der Waals surface area (Å²) in [6.45, 7) is 2.16. The van der Waals surface area contributed by atoms with Crippen LogP contribution in [0, 0.1) is 0 Å². The molecule has 0 fully saturated rings. The van der Waals surface area contributed by atoms with Crippen LogP contribution in [-0.2, 0) is 34.2 Å². The third kappa shape index (κ3) is 1.73. The number of ether oxygens (including phenoxy) is 3. The average Bonchev–Trinajstić information content (AvgIpc) is 2.99. The van der Waals surface area contributed by atoms with Crippen molar-refractivity contribution in [2.75, 3.05) is 25.7 Å². The number of nitrogens with zero attached hydrogens (tertiary/aromatic N) is 1. The molecule has 1 amide bonds. The molecule has 0 aliphatic carbocycles. The van der Waals surface area contributed by atoms with Gasteiger partial charge in [-0.15, -0.1) is 0 Å². The second kappa shape index (κ2) is 5.12. The molecular weight excluding hydrogens is 302 g/mol. The second-order valence-corrected chi connectivity index (χ2v) is 5.04. The van der Waals surface area contributed by atoms with E-state index in [4.69, 9.17) is 14.2 Å². The van der Waals surface area contributed by atoms with Crippen molar-refractivity contribution in [2.24, 2.45) is 0 Å². The molecule has 7 heteroatoms. The van der Waals surface area contributed by atoms with Gasteiger partial charge >= 0.3 is 11.9 Å². The third-order valence-corrected chi connectivity index (χ3v) is 4.04. The number of hydrogen-bond donors (Lipinski definition) is 0. The summed E-state index contributed by atoms with van der Waals surface area (Å²) in [6, 6.07) is 6.86. The highest BCUT2D eigenvalue weighted by molar-refractivity contribution is 6.19. The van der Waals surface area contributed by atoms with Gasteiger partial charge in [-0.05, 0) is 13.0 Å². The number of rotatable bonds is 3. The fraction of sp³-hybridized carbons (Fsp3) is 0.312. The van der Waals surface area contributed by atoms with E-state index in [1.54, 1.807) is 31.2 Å². The average molecular weight is 317 g/mol. The normalized spacial score (nSPS) is 22.5. The predicted octanol–water partition coefficient (Wildman–Crippen LogP) is 0.879. The van der Waals surface area contributed by atoms with Gasteiger partial charge in [0, 0.05) is 12.1 Å². The van der Waals surface area contributed by atoms with E-state index >= 15 is 0 Å². The van der Waals surface area contributed by atoms with E-state index in [9.17, 15) is 14.4 Å². The molecule has 7 nitrogen and oxygen atoms in total. The fourth-order valence-corrected chi connectivity index (χ4v) is 3.10. The van der Waals surface area contributed by atoms with Gasteiger partial charge in [0.25, 0.3) is 11.5 Å². The molecule has 0 bridgehead atoms. The van der Waals surface area contributed by atoms with Crippen LogP contribution in [0.3, 0.4) is 0 Å². The molecule has 23 heavy (non-hydrogen) atoms. The maximum absolute atomic E-state index is 13.0. The first-order chi connectivity index (χ1) is 11.0. The molecule has 120 valence electrons. The minimum atomic E-state index is -1.85. The smallest absolute Gasteiger partial charge is 0.376 e. The Labute approximate surface area is 132 Å². The lowest BCUT2D eigenvalue weighted by atomic mass is 9.87. The van der Waals surface area contributed by atoms with Crippen LogP contribution < -0.4 is 4.90 Å². The topological polar surface area (TPSA) is 82.1 Å². The molecule has 0 N–H and O–H groups in total. The van der Waals surface area contributed by atoms with Crippen molar-refractivity contribution in [3.63, 3.8) is 0 Å². The van der Waals surface area contributed by atoms with Gasteiger partial charge in [-0.1, -0.05) is 18.2 Å². The summed E-state index contributed by atoms with van der Waals surface area (Å²) in [5.41, 5.74) is -1.05. The van der Waals surface area contributed by atoms with Crippen molar-refractivity contribution >= 4 is 23.5 Å². The molecule has 0 radical (unpaired) electrons. The van der Waals surface area contributed by atoms with Crippen molar-refractivity contribution in [1.29, 1.82) is 0 Å². The quantitative estimate of drug-likeness (QED) is 0.770. The number of anilines is 1. The summed E-state index contributed by atoms with van der Waals surface area (Å²) < 4.78 is 15.2. The van der Waals surface area contributed by atoms with E-state index in [1.165, 1.54) is 19.1 Å². The van der Waals surface area contributed by atoms with E-state index < -0.39 is 23.4 Å². The van der Waals surface area contributed by atoms with Gasteiger partial charge in [0.2, 0.25) is 5.76 Å². The number of carbonyl (C=O) groups excluding carboxylic acids is 3. The van der Waals surface area contributed by atoms with E-state index in [2.05, 4.69) is 0 Å². The Bertz CT molecular complexity index is 753. The first kappa shape index (κ1) is 15.1. The molecule has 2 heterocycles. The van der Waals surface area contributed by atoms with Crippen LogP contribution in [0.2, 0.25) is 0 Å². The van der Waals surface area contributed by atoms with Crippen LogP contribution in [0.5, 0.6) is 0 Å². The molecule has 0 saturated heterocycles. The Kier molecular flexibility index (Phi) is 3.35. The number of carbonyl (C=O) groups is 3. The van der Waals surface area contributed by atoms with Crippen molar-refractivity contribution in [2.45, 2.75) is 12.5 Å². The van der Waals surface area contributed by atoms with E-state index in [0.29, 0.717) is 17.8 Å². The SMILES string of the molecule is CCN1C(=O)C2(OC(=O)C(OC)=C2C(=O)OC)c2ccccc21. The predicted molar refractivity (Wildman–Crippen MR) is 78.3 cm³/mol. The van der Waals surface area contributed by atoms with E-state index in [0.717, 1.165) is 0 Å². The highest BCUT2D eigenvalue weighted by Crippen LogP contribution is 2.51. The lowest BCUT2D eigenvalue weighted by Crippen LogP contribution is -2.44. The van der Waals surface area contributed by atoms with E-state index in [-0.39, 0.29) is 11.3 Å². The van der Waals surface area contributed by atoms with Gasteiger partial charge in [0.1, 0.15) is 5.57 Å². The number of amides is 1. The minimum absolute atomic E-state index is 0.221. The molecule has 0 aromatic heterocycles. The van der Waals surface area contributed by atoms with Crippen molar-refractivity contribution in [3.05, 3.63) is 41.2 Å². The third-order valence-electron chi connectivity index (χ3n) is 4.04. The number of benzene rings is 1. The molecule has 1 unspecified atom stereocenters. The summed E-state index contributed by atoms with van der Waals surface area (Å²) in [6.07, 6.45) is 0. The molecule has 2 aliphatic rings. The lowest BCUT2D eigenvalue weighted by Gasteiger charge is -2.23. The number of likely N-dealkylation sites (N-methyl/N-ethyl adjacent to an activating group) is 1. The van der Waals surface area contributed by atoms with Gasteiger partial charge in [0.15, 0.2) is 0 Å². The summed E-state index contributed by atoms with van der Waals surface area (Å²) in [5.74, 6) is -2.53. The molecule has 1 aromatic carbocycles. The Morgan fingerprint density at radius 1 is 1.26 bits per heavy atom. The summed E-state index contributed by atoms with van der Waals surface area (Å²) in [7, 11) is 2.41. The summed E-state index contributed by atoms with van der Waals surface area (Å²) in [4.78, 5) is 38.9. The maximum atomic E-state index is 13.0. The summed E-state index contributed by atoms with van der Waals surface area (Å²) >= 11 is 0. The zero-order valence-electron chi connectivity index (χ0n) is 12.9. The highest BCUT2D eigenvalue weighted by atomic mass is 16.6. The number of fused-ring (bicyclic) bond motifs is 2. The molecule has 3 rings (SSSR count). The highest BCUT2D eigenvalue weighted by Gasteiger charge is 2.64. The molecule has 1 spiro atoms. The molecule has 1 aromatic rings. The standard InChI is InChI=1S/C16H15NO6/c1-4-17-10-8-6-5-7-9(10)16(15(17)20)11(13(18)22-3)12(21-2)14(19)23-16/h5-8H,4H2,1-3H3. The van der Waals surface area contributed by atoms with Crippen molar-refractivity contribution in [3.8, 4) is 0 Å². The first-order valence-electron chi connectivity index (χ1n) is 7.04. The van der Waals surface area contributed by atoms with Crippen molar-refractivity contribution < 1.29 is 28.6 Å². The van der Waals surface area contributed by atoms with E-state index in [1.807, 2.05) is 0 Å². The monoisotopic (exact) mass is 317 g/mol. The van der Waals surface area contributed by atoms with Gasteiger partial charge in [0.05, 0.1) is 19.9 Å². The van der Waals surface area contributed by atoms with Crippen LogP contribution in [0.1, 0.15) is 12.5 Å². The molecule has 0 saturated carbocycles. The Morgan fingerprint density at radius 2 is 1.96 bits per heavy atom. The zero-order chi connectivity index (χ0) is 16.8. The largest absolute Gasteiger partial charge is 0.489 e. The number of para-hydroxylation sites is 1. The second-order valence-electron chi connectivity index (χ2n) is 5.04. The van der Waals surface area contributed by atoms with Crippen LogP contribution in [0.15, 0.2) is 35.6 Å². The van der Waals surface area contributed by atoms with Crippen LogP contribution in [0.25, 0.3) is 0 Å². The Morgan fingerprint density at radius 3 is 2.57 bits per heavy atom. The van der Waals surface area contributed by atoms with Gasteiger partial charge < -0.3 is 19.1 Å². The molecular formula is C16H15NO6. The Hall–Kier alpha value is -2.83. The first-order valence-corrected chi connectivity index (χ1v) is 7.04. The fourth-order valence-electron chi connectivity index (χ4n) is 3.10. The van der Waals surface area contributed by atoms with Crippen LogP contribution >= 0.6 is 0 Å². The van der Waals surface area contributed by atoms with Gasteiger partial charge in [-0.3, -0.25) is 4.79 Å². The minimum Gasteiger partial charge on any atom is -0.489 e. The molecule has 2 aliphatic heterocycles. The summed E-state index contributed by atoms with van der Waals surface area (Å²) in [5, 5.41) is 0. The maximum Gasteiger partial charge on any atom is 0.376 e. The number of methoxy groups -OCH3 is 2. The van der Waals surface area contributed by atoms with Gasteiger partial charge in [-0.2, -0.15) is 0 Å². The lowest BCUT2D eigenvalue weighted by molar-refractivity contribution is -0.158. The number of esters is 2. The van der Waals surface area contributed by atoms with Crippen LogP contribution in [0.4, 0.5) is 5.69 Å².